The number of rotatable bonds is 4. The van der Waals surface area contributed by atoms with Crippen molar-refractivity contribution in [2.75, 3.05) is 17.7 Å². The minimum Gasteiger partial charge on any atom is -0.453 e. The van der Waals surface area contributed by atoms with Gasteiger partial charge in [0.1, 0.15) is 17.5 Å². The lowest BCUT2D eigenvalue weighted by Crippen LogP contribution is -2.29. The molecule has 0 saturated heterocycles. The Bertz CT molecular complexity index is 1790. The summed E-state index contributed by atoms with van der Waals surface area (Å²) in [7, 11) is 1.21. The van der Waals surface area contributed by atoms with Crippen molar-refractivity contribution in [2.24, 2.45) is 0 Å². The first kappa shape index (κ1) is 30.3. The molecule has 5 rings (SSSR count). The van der Waals surface area contributed by atoms with E-state index in [1.165, 1.54) is 25.3 Å². The fourth-order valence-corrected chi connectivity index (χ4v) is 4.70. The maximum absolute atomic E-state index is 14.6. The van der Waals surface area contributed by atoms with Crippen LogP contribution in [0.25, 0.3) is 17.3 Å². The first-order valence-electron chi connectivity index (χ1n) is 13.2. The van der Waals surface area contributed by atoms with Crippen molar-refractivity contribution in [2.45, 2.75) is 25.3 Å². The normalized spacial score (nSPS) is 14.8. The van der Waals surface area contributed by atoms with Gasteiger partial charge in [-0.15, -0.1) is 0 Å². The first-order valence-corrected chi connectivity index (χ1v) is 13.6. The summed E-state index contributed by atoms with van der Waals surface area (Å²) in [6.45, 7) is 0. The number of H-pyrrole nitrogens is 1. The number of carbonyl (C=O) groups is 3. The Morgan fingerprint density at radius 1 is 1.07 bits per heavy atom. The number of fused-ring (bicyclic) bond motifs is 6. The number of imidazole rings is 1. The molecule has 0 spiro atoms. The fraction of sp³-hybridized carbons (Fsp3) is 0.167. The Kier molecular flexibility index (Phi) is 8.95. The second kappa shape index (κ2) is 13.0. The molecule has 14 heteroatoms. The number of carbonyl (C=O) groups excluding carboxylic acids is 3. The van der Waals surface area contributed by atoms with Crippen LogP contribution in [0.1, 0.15) is 35.2 Å². The summed E-state index contributed by atoms with van der Waals surface area (Å²) in [5.41, 5.74) is 1.47. The minimum absolute atomic E-state index is 0.0145. The van der Waals surface area contributed by atoms with Crippen molar-refractivity contribution in [3.8, 4) is 11.3 Å². The van der Waals surface area contributed by atoms with Crippen molar-refractivity contribution in [3.63, 3.8) is 0 Å². The first-order chi connectivity index (χ1) is 21.1. The second-order valence-electron chi connectivity index (χ2n) is 9.68. The highest BCUT2D eigenvalue weighted by Gasteiger charge is 2.22. The van der Waals surface area contributed by atoms with Crippen LogP contribution in [0.4, 0.5) is 29.3 Å². The highest BCUT2D eigenvalue weighted by molar-refractivity contribution is 6.30. The van der Waals surface area contributed by atoms with Gasteiger partial charge in [-0.05, 0) is 48.5 Å². The molecule has 0 radical (unpaired) electrons. The number of methoxy groups -OCH3 is 1. The number of amides is 3. The van der Waals surface area contributed by atoms with Gasteiger partial charge in [-0.2, -0.15) is 0 Å². The fourth-order valence-electron chi connectivity index (χ4n) is 4.53. The lowest BCUT2D eigenvalue weighted by molar-refractivity contribution is -0.117. The number of anilines is 2. The zero-order valence-corrected chi connectivity index (χ0v) is 23.8. The summed E-state index contributed by atoms with van der Waals surface area (Å²) in [6.07, 6.45) is 2.71. The number of pyridine rings is 1. The SMILES string of the molecule is COC(=O)Nc1ccc2c(c1)NC(=O)CCc1nc(ccc1F)CC(NC(=O)/C=C/c1c(F)ccc(Cl)c1F)c1nc-2c[nH]1. The Labute approximate surface area is 253 Å². The Morgan fingerprint density at radius 3 is 2.66 bits per heavy atom. The lowest BCUT2D eigenvalue weighted by atomic mass is 10.1. The second-order valence-corrected chi connectivity index (χ2v) is 10.1. The van der Waals surface area contributed by atoms with Crippen molar-refractivity contribution < 1.29 is 32.3 Å². The van der Waals surface area contributed by atoms with Gasteiger partial charge in [-0.3, -0.25) is 19.9 Å². The third kappa shape index (κ3) is 6.89. The molecule has 2 aromatic heterocycles. The van der Waals surface area contributed by atoms with Crippen LogP contribution in [-0.2, 0) is 27.2 Å². The van der Waals surface area contributed by atoms with E-state index in [0.717, 1.165) is 24.3 Å². The largest absolute Gasteiger partial charge is 0.453 e. The zero-order chi connectivity index (χ0) is 31.4. The lowest BCUT2D eigenvalue weighted by Gasteiger charge is -2.17. The predicted molar refractivity (Wildman–Crippen MR) is 156 cm³/mol. The van der Waals surface area contributed by atoms with E-state index in [4.69, 9.17) is 11.6 Å². The van der Waals surface area contributed by atoms with Gasteiger partial charge in [-0.1, -0.05) is 11.6 Å². The maximum Gasteiger partial charge on any atom is 0.411 e. The molecule has 1 aliphatic heterocycles. The number of aryl methyl sites for hydroxylation is 1. The van der Waals surface area contributed by atoms with Crippen LogP contribution in [-0.4, -0.2) is 40.0 Å². The third-order valence-electron chi connectivity index (χ3n) is 6.70. The Hall–Kier alpha value is -5.17. The van der Waals surface area contributed by atoms with Gasteiger partial charge in [0.15, 0.2) is 5.82 Å². The summed E-state index contributed by atoms with van der Waals surface area (Å²) in [4.78, 5) is 49.6. The number of nitrogens with one attached hydrogen (secondary N) is 4. The summed E-state index contributed by atoms with van der Waals surface area (Å²) in [5.74, 6) is -3.37. The van der Waals surface area contributed by atoms with Crippen molar-refractivity contribution in [1.82, 2.24) is 20.3 Å². The third-order valence-corrected chi connectivity index (χ3v) is 7.00. The molecule has 0 fully saturated rings. The standard InChI is InChI=1S/C30H24ClF3N6O4/c1-44-30(43)37-16-2-4-18-23(12-16)38-27(42)11-9-22-21(33)7-3-15(36-22)13-24(29-35-14-25(18)40-29)39-26(41)10-5-17-20(32)8-6-19(31)28(17)34/h2-8,10,12,14,24H,9,11,13H2,1H3,(H,35,40)(H,37,43)(H,38,42)(H,39,41)/b10-5+. The quantitative estimate of drug-likeness (QED) is 0.169. The maximum atomic E-state index is 14.6. The molecule has 44 heavy (non-hydrogen) atoms. The van der Waals surface area contributed by atoms with Crippen LogP contribution in [0.5, 0.6) is 0 Å². The van der Waals surface area contributed by atoms with E-state index >= 15 is 0 Å². The van der Waals surface area contributed by atoms with E-state index in [-0.39, 0.29) is 35.8 Å². The molecule has 10 nitrogen and oxygen atoms in total. The molecule has 0 aliphatic carbocycles. The minimum atomic E-state index is -1.01. The van der Waals surface area contributed by atoms with E-state index in [1.54, 1.807) is 18.3 Å². The summed E-state index contributed by atoms with van der Waals surface area (Å²) >= 11 is 5.75. The molecule has 0 saturated carbocycles. The predicted octanol–water partition coefficient (Wildman–Crippen LogP) is 5.72. The molecule has 2 aromatic carbocycles. The molecular weight excluding hydrogens is 601 g/mol. The Morgan fingerprint density at radius 2 is 1.86 bits per heavy atom. The smallest absolute Gasteiger partial charge is 0.411 e. The molecule has 4 aromatic rings. The van der Waals surface area contributed by atoms with Crippen molar-refractivity contribution in [3.05, 3.63) is 100.0 Å². The Balaban J connectivity index is 1.52. The van der Waals surface area contributed by atoms with E-state index in [1.807, 2.05) is 0 Å². The zero-order valence-electron chi connectivity index (χ0n) is 23.0. The molecule has 1 atom stereocenters. The average Bonchev–Trinajstić information content (AvgIpc) is 3.48. The van der Waals surface area contributed by atoms with Gasteiger partial charge in [0.05, 0.1) is 35.2 Å². The number of hydrogen-bond donors (Lipinski definition) is 4. The molecule has 4 bridgehead atoms. The highest BCUT2D eigenvalue weighted by Crippen LogP contribution is 2.32. The topological polar surface area (TPSA) is 138 Å². The van der Waals surface area contributed by atoms with Crippen molar-refractivity contribution in [1.29, 1.82) is 0 Å². The number of hydrogen-bond acceptors (Lipinski definition) is 6. The summed E-state index contributed by atoms with van der Waals surface area (Å²) in [6, 6.07) is 8.60. The number of benzene rings is 2. The number of nitrogens with zero attached hydrogens (tertiary/aromatic N) is 2. The van der Waals surface area contributed by atoms with Crippen LogP contribution < -0.4 is 16.0 Å². The van der Waals surface area contributed by atoms with E-state index < -0.39 is 47.0 Å². The van der Waals surface area contributed by atoms with Gasteiger partial charge in [0, 0.05) is 54.0 Å². The average molecular weight is 625 g/mol. The van der Waals surface area contributed by atoms with Crippen LogP contribution in [0.3, 0.4) is 0 Å². The van der Waals surface area contributed by atoms with Gasteiger partial charge in [-0.25, -0.2) is 22.9 Å². The van der Waals surface area contributed by atoms with E-state index in [9.17, 15) is 27.6 Å². The molecule has 1 aliphatic rings. The molecule has 3 heterocycles. The van der Waals surface area contributed by atoms with E-state index in [2.05, 4.69) is 35.6 Å². The number of ether oxygens (including phenoxy) is 1. The van der Waals surface area contributed by atoms with Gasteiger partial charge >= 0.3 is 6.09 Å². The number of aromatic amines is 1. The summed E-state index contributed by atoms with van der Waals surface area (Å²) in [5, 5.41) is 7.75. The van der Waals surface area contributed by atoms with Crippen LogP contribution >= 0.6 is 11.6 Å². The molecule has 3 amide bonds. The monoisotopic (exact) mass is 624 g/mol. The summed E-state index contributed by atoms with van der Waals surface area (Å²) < 4.78 is 47.8. The highest BCUT2D eigenvalue weighted by atomic mass is 35.5. The number of aromatic nitrogens is 3. The van der Waals surface area contributed by atoms with Gasteiger partial charge < -0.3 is 20.4 Å². The van der Waals surface area contributed by atoms with Crippen LogP contribution in [0, 0.1) is 17.5 Å². The molecule has 4 N–H and O–H groups in total. The van der Waals surface area contributed by atoms with Crippen LogP contribution in [0.15, 0.2) is 54.7 Å². The molecular formula is C30H24ClF3N6O4. The number of halogens is 4. The van der Waals surface area contributed by atoms with E-state index in [0.29, 0.717) is 28.3 Å². The van der Waals surface area contributed by atoms with Gasteiger partial charge in [0.25, 0.3) is 0 Å². The molecule has 1 unspecified atom stereocenters. The van der Waals surface area contributed by atoms with Gasteiger partial charge in [0.2, 0.25) is 11.8 Å². The van der Waals surface area contributed by atoms with Crippen molar-refractivity contribution >= 4 is 47.0 Å². The van der Waals surface area contributed by atoms with Crippen LogP contribution in [0.2, 0.25) is 5.02 Å². The molecule has 226 valence electrons.